The highest BCUT2D eigenvalue weighted by atomic mass is 16.6. The number of nitrogens with zero attached hydrogens (tertiary/aromatic N) is 1. The number of ether oxygens (including phenoxy) is 1. The highest BCUT2D eigenvalue weighted by molar-refractivity contribution is 5.76. The molecule has 1 atom stereocenters. The quantitative estimate of drug-likeness (QED) is 0.529. The molecule has 3 rings (SSSR count). The van der Waals surface area contributed by atoms with Gasteiger partial charge in [0.05, 0.1) is 0 Å². The van der Waals surface area contributed by atoms with Crippen molar-refractivity contribution in [2.24, 2.45) is 0 Å². The molecule has 7 nitrogen and oxygen atoms in total. The van der Waals surface area contributed by atoms with Crippen LogP contribution in [0.4, 0.5) is 4.79 Å². The van der Waals surface area contributed by atoms with Crippen molar-refractivity contribution in [3.63, 3.8) is 0 Å². The number of aromatic hydroxyl groups is 1. The van der Waals surface area contributed by atoms with Gasteiger partial charge >= 0.3 is 6.09 Å². The molecule has 0 bridgehead atoms. The van der Waals surface area contributed by atoms with Crippen LogP contribution in [0, 0.1) is 0 Å². The molecule has 196 valence electrons. The lowest BCUT2D eigenvalue weighted by Gasteiger charge is -2.42. The highest BCUT2D eigenvalue weighted by Gasteiger charge is 2.61. The molecule has 1 aromatic rings. The first-order valence-electron chi connectivity index (χ1n) is 12.9. The first kappa shape index (κ1) is 27.3. The van der Waals surface area contributed by atoms with E-state index in [1.54, 1.807) is 6.92 Å². The summed E-state index contributed by atoms with van der Waals surface area (Å²) in [7, 11) is 0. The van der Waals surface area contributed by atoms with Crippen molar-refractivity contribution in [2.45, 2.75) is 116 Å². The lowest BCUT2D eigenvalue weighted by atomic mass is 9.77. The molecule has 2 aliphatic rings. The summed E-state index contributed by atoms with van der Waals surface area (Å²) < 4.78 is 5.67. The molecule has 1 aliphatic heterocycles. The van der Waals surface area contributed by atoms with E-state index in [2.05, 4.69) is 46.9 Å². The molecule has 1 heterocycles. The molecular formula is C28H44N2O5. The van der Waals surface area contributed by atoms with Gasteiger partial charge in [0.2, 0.25) is 5.91 Å². The van der Waals surface area contributed by atoms with Crippen molar-refractivity contribution in [1.29, 1.82) is 0 Å². The zero-order valence-corrected chi connectivity index (χ0v) is 22.6. The Kier molecular flexibility index (Phi) is 7.52. The molecule has 0 aromatic heterocycles. The van der Waals surface area contributed by atoms with Gasteiger partial charge < -0.3 is 20.3 Å². The van der Waals surface area contributed by atoms with Gasteiger partial charge in [0, 0.05) is 19.5 Å². The van der Waals surface area contributed by atoms with Crippen LogP contribution in [0.3, 0.4) is 0 Å². The lowest BCUT2D eigenvalue weighted by molar-refractivity contribution is -0.158. The fraction of sp³-hybridized carbons (Fsp3) is 0.714. The zero-order chi connectivity index (χ0) is 26.2. The maximum absolute atomic E-state index is 12.6. The van der Waals surface area contributed by atoms with Crippen molar-refractivity contribution in [3.8, 4) is 5.75 Å². The predicted molar refractivity (Wildman–Crippen MR) is 136 cm³/mol. The molecule has 7 heteroatoms. The number of aryl methyl sites for hydroxylation is 1. The van der Waals surface area contributed by atoms with E-state index in [1.807, 2.05) is 12.1 Å². The van der Waals surface area contributed by atoms with Gasteiger partial charge in [-0.2, -0.15) is 0 Å². The standard InChI is InChI=1S/C28H44N2O5/c1-25(2,3)20-17-19(18-21(23(20)32)26(4,5)6)11-12-22(31)29-15-16-30-24(33)35-28(27(30,7)34)13-9-8-10-14-28/h17-18,32,34H,8-16H2,1-7H3,(H,29,31). The van der Waals surface area contributed by atoms with Crippen LogP contribution in [-0.2, 0) is 26.8 Å². The molecule has 35 heavy (non-hydrogen) atoms. The molecule has 3 N–H and O–H groups in total. The van der Waals surface area contributed by atoms with Gasteiger partial charge in [-0.3, -0.25) is 9.69 Å². The number of amides is 2. The van der Waals surface area contributed by atoms with Crippen LogP contribution in [0.25, 0.3) is 0 Å². The summed E-state index contributed by atoms with van der Waals surface area (Å²) in [6.07, 6.45) is 4.59. The molecule has 1 spiro atoms. The van der Waals surface area contributed by atoms with Crippen molar-refractivity contribution in [3.05, 3.63) is 28.8 Å². The number of phenols is 1. The topological polar surface area (TPSA) is 99.1 Å². The Morgan fingerprint density at radius 3 is 2.11 bits per heavy atom. The first-order chi connectivity index (χ1) is 16.1. The maximum Gasteiger partial charge on any atom is 0.412 e. The average Bonchev–Trinajstić information content (AvgIpc) is 2.91. The Morgan fingerprint density at radius 1 is 1.06 bits per heavy atom. The number of hydrogen-bond donors (Lipinski definition) is 3. The molecule has 1 saturated heterocycles. The van der Waals surface area contributed by atoms with Gasteiger partial charge in [0.1, 0.15) is 5.75 Å². The normalized spacial score (nSPS) is 22.4. The summed E-state index contributed by atoms with van der Waals surface area (Å²) in [5.74, 6) is 0.214. The van der Waals surface area contributed by atoms with Crippen LogP contribution in [-0.4, -0.2) is 51.5 Å². The largest absolute Gasteiger partial charge is 0.507 e. The van der Waals surface area contributed by atoms with Crippen LogP contribution >= 0.6 is 0 Å². The van der Waals surface area contributed by atoms with Crippen molar-refractivity contribution >= 4 is 12.0 Å². The van der Waals surface area contributed by atoms with Crippen LogP contribution in [0.1, 0.15) is 104 Å². The number of carbonyl (C=O) groups excluding carboxylic acids is 2. The monoisotopic (exact) mass is 488 g/mol. The smallest absolute Gasteiger partial charge is 0.412 e. The van der Waals surface area contributed by atoms with E-state index in [1.165, 1.54) is 4.90 Å². The fourth-order valence-corrected chi connectivity index (χ4v) is 5.39. The second-order valence-electron chi connectivity index (χ2n) is 12.5. The molecule has 1 aliphatic carbocycles. The maximum atomic E-state index is 12.6. The predicted octanol–water partition coefficient (Wildman–Crippen LogP) is 4.90. The van der Waals surface area contributed by atoms with Gasteiger partial charge in [-0.05, 0) is 66.5 Å². The molecule has 0 radical (unpaired) electrons. The van der Waals surface area contributed by atoms with Gasteiger partial charge in [0.25, 0.3) is 0 Å². The molecule has 2 fully saturated rings. The number of benzene rings is 1. The minimum Gasteiger partial charge on any atom is -0.507 e. The van der Waals surface area contributed by atoms with Gasteiger partial charge in [-0.1, -0.05) is 60.1 Å². The first-order valence-corrected chi connectivity index (χ1v) is 12.9. The Labute approximate surface area is 210 Å². The number of nitrogens with one attached hydrogen (secondary N) is 1. The SMILES string of the molecule is CC(C)(C)c1cc(CCC(=O)NCCN2C(=O)OC3(CCCCC3)C2(C)O)cc(C(C)(C)C)c1O. The average molecular weight is 489 g/mol. The second-order valence-corrected chi connectivity index (χ2v) is 12.5. The molecular weight excluding hydrogens is 444 g/mol. The molecule has 1 unspecified atom stereocenters. The van der Waals surface area contributed by atoms with Crippen LogP contribution in [0.2, 0.25) is 0 Å². The Morgan fingerprint density at radius 2 is 1.60 bits per heavy atom. The highest BCUT2D eigenvalue weighted by Crippen LogP contribution is 2.46. The van der Waals surface area contributed by atoms with Crippen LogP contribution < -0.4 is 5.32 Å². The minimum atomic E-state index is -1.38. The summed E-state index contributed by atoms with van der Waals surface area (Å²) in [5.41, 5.74) is 0.101. The number of hydrogen-bond acceptors (Lipinski definition) is 5. The Bertz CT molecular complexity index is 914. The van der Waals surface area contributed by atoms with E-state index in [4.69, 9.17) is 4.74 Å². The van der Waals surface area contributed by atoms with E-state index in [-0.39, 0.29) is 29.8 Å². The van der Waals surface area contributed by atoms with Crippen LogP contribution in [0.5, 0.6) is 5.75 Å². The zero-order valence-electron chi connectivity index (χ0n) is 22.6. The van der Waals surface area contributed by atoms with Crippen LogP contribution in [0.15, 0.2) is 12.1 Å². The number of rotatable bonds is 6. The number of phenolic OH excluding ortho intramolecular Hbond substituents is 1. The third kappa shape index (κ3) is 5.60. The van der Waals surface area contributed by atoms with Crippen molar-refractivity contribution in [2.75, 3.05) is 13.1 Å². The summed E-state index contributed by atoms with van der Waals surface area (Å²) in [6, 6.07) is 4.00. The Balaban J connectivity index is 1.60. The van der Waals surface area contributed by atoms with E-state index in [0.29, 0.717) is 31.4 Å². The molecule has 1 aromatic carbocycles. The minimum absolute atomic E-state index is 0.118. The van der Waals surface area contributed by atoms with Gasteiger partial charge in [-0.25, -0.2) is 4.79 Å². The molecule has 2 amide bonds. The molecule has 1 saturated carbocycles. The van der Waals surface area contributed by atoms with Gasteiger partial charge in [-0.15, -0.1) is 0 Å². The number of carbonyl (C=O) groups is 2. The second kappa shape index (κ2) is 9.64. The Hall–Kier alpha value is -2.28. The fourth-order valence-electron chi connectivity index (χ4n) is 5.39. The summed E-state index contributed by atoms with van der Waals surface area (Å²) in [4.78, 5) is 26.5. The third-order valence-electron chi connectivity index (χ3n) is 7.64. The van der Waals surface area contributed by atoms with E-state index >= 15 is 0 Å². The van der Waals surface area contributed by atoms with Crippen molar-refractivity contribution in [1.82, 2.24) is 10.2 Å². The van der Waals surface area contributed by atoms with E-state index in [9.17, 15) is 19.8 Å². The summed E-state index contributed by atoms with van der Waals surface area (Å²) in [6.45, 7) is 14.5. The number of aliphatic hydroxyl groups is 1. The van der Waals surface area contributed by atoms with Crippen molar-refractivity contribution < 1.29 is 24.5 Å². The summed E-state index contributed by atoms with van der Waals surface area (Å²) >= 11 is 0. The van der Waals surface area contributed by atoms with Gasteiger partial charge in [0.15, 0.2) is 11.3 Å². The third-order valence-corrected chi connectivity index (χ3v) is 7.64. The van der Waals surface area contributed by atoms with E-state index in [0.717, 1.165) is 36.0 Å². The van der Waals surface area contributed by atoms with E-state index < -0.39 is 17.4 Å². The summed E-state index contributed by atoms with van der Waals surface area (Å²) in [5, 5.41) is 24.9. The lowest BCUT2D eigenvalue weighted by Crippen LogP contribution is -2.58.